The normalized spacial score (nSPS) is 18.2. The average Bonchev–Trinajstić information content (AvgIpc) is 2.87. The first kappa shape index (κ1) is 15.3. The highest BCUT2D eigenvalue weighted by atomic mass is 32.2. The van der Waals surface area contributed by atoms with E-state index in [1.807, 2.05) is 25.5 Å². The van der Waals surface area contributed by atoms with E-state index in [4.69, 9.17) is 0 Å². The standard InChI is InChI=1S/C13H23N5OS/c1-9(2)14-12(19)10(3)20-13-15-16-17-18(13)11-7-5-4-6-8-11/h9-11H,4-8H2,1-3H3,(H,14,19). The van der Waals surface area contributed by atoms with Crippen molar-refractivity contribution in [1.29, 1.82) is 0 Å². The molecule has 0 aromatic carbocycles. The summed E-state index contributed by atoms with van der Waals surface area (Å²) in [5.74, 6) is 0.0307. The van der Waals surface area contributed by atoms with E-state index in [-0.39, 0.29) is 17.2 Å². The molecule has 112 valence electrons. The first-order chi connectivity index (χ1) is 9.58. The van der Waals surface area contributed by atoms with Crippen molar-refractivity contribution in [2.24, 2.45) is 0 Å². The van der Waals surface area contributed by atoms with Gasteiger partial charge in [0.15, 0.2) is 0 Å². The van der Waals surface area contributed by atoms with Gasteiger partial charge in [0.05, 0.1) is 11.3 Å². The number of carbonyl (C=O) groups excluding carboxylic acids is 1. The number of thioether (sulfide) groups is 1. The molecule has 1 aliphatic carbocycles. The Hall–Kier alpha value is -1.11. The van der Waals surface area contributed by atoms with Crippen LogP contribution in [-0.4, -0.2) is 37.4 Å². The first-order valence-corrected chi connectivity index (χ1v) is 8.20. The molecule has 1 atom stereocenters. The molecule has 20 heavy (non-hydrogen) atoms. The molecule has 7 heteroatoms. The Labute approximate surface area is 124 Å². The van der Waals surface area contributed by atoms with Crippen molar-refractivity contribution < 1.29 is 4.79 Å². The Morgan fingerprint density at radius 2 is 2.00 bits per heavy atom. The molecule has 1 aromatic heterocycles. The highest BCUT2D eigenvalue weighted by Crippen LogP contribution is 2.31. The summed E-state index contributed by atoms with van der Waals surface area (Å²) in [4.78, 5) is 12.0. The monoisotopic (exact) mass is 297 g/mol. The molecular weight excluding hydrogens is 274 g/mol. The van der Waals surface area contributed by atoms with Crippen LogP contribution in [0.3, 0.4) is 0 Å². The number of carbonyl (C=O) groups is 1. The molecule has 1 N–H and O–H groups in total. The van der Waals surface area contributed by atoms with Crippen LogP contribution in [0.5, 0.6) is 0 Å². The predicted octanol–water partition coefficient (Wildman–Crippen LogP) is 2.18. The minimum absolute atomic E-state index is 0.0307. The molecule has 0 radical (unpaired) electrons. The van der Waals surface area contributed by atoms with Gasteiger partial charge in [0, 0.05) is 6.04 Å². The number of aromatic nitrogens is 4. The molecular formula is C13H23N5OS. The van der Waals surface area contributed by atoms with Crippen molar-refractivity contribution in [1.82, 2.24) is 25.5 Å². The third-order valence-electron chi connectivity index (χ3n) is 3.47. The van der Waals surface area contributed by atoms with Gasteiger partial charge in [-0.25, -0.2) is 4.68 Å². The molecule has 0 aliphatic heterocycles. The minimum Gasteiger partial charge on any atom is -0.353 e. The van der Waals surface area contributed by atoms with Gasteiger partial charge in [-0.05, 0) is 44.0 Å². The van der Waals surface area contributed by atoms with E-state index < -0.39 is 0 Å². The Kier molecular flexibility index (Phi) is 5.39. The SMILES string of the molecule is CC(C)NC(=O)C(C)Sc1nnnn1C1CCCCC1. The van der Waals surface area contributed by atoms with Gasteiger partial charge in [0.1, 0.15) is 0 Å². The Morgan fingerprint density at radius 1 is 1.30 bits per heavy atom. The summed E-state index contributed by atoms with van der Waals surface area (Å²) in [6, 6.07) is 0.543. The summed E-state index contributed by atoms with van der Waals surface area (Å²) in [5.41, 5.74) is 0. The fourth-order valence-corrected chi connectivity index (χ4v) is 3.30. The lowest BCUT2D eigenvalue weighted by molar-refractivity contribution is -0.120. The van der Waals surface area contributed by atoms with Gasteiger partial charge in [-0.15, -0.1) is 5.10 Å². The predicted molar refractivity (Wildman–Crippen MR) is 78.5 cm³/mol. The van der Waals surface area contributed by atoms with Crippen LogP contribution in [0.2, 0.25) is 0 Å². The molecule has 0 bridgehead atoms. The van der Waals surface area contributed by atoms with Gasteiger partial charge in [0.2, 0.25) is 11.1 Å². The van der Waals surface area contributed by atoms with Crippen molar-refractivity contribution in [2.45, 2.75) is 75.4 Å². The molecule has 1 aliphatic rings. The van der Waals surface area contributed by atoms with Gasteiger partial charge in [0.25, 0.3) is 0 Å². The fraction of sp³-hybridized carbons (Fsp3) is 0.846. The minimum atomic E-state index is -0.189. The van der Waals surface area contributed by atoms with Crippen LogP contribution in [0, 0.1) is 0 Å². The molecule has 1 fully saturated rings. The topological polar surface area (TPSA) is 72.7 Å². The highest BCUT2D eigenvalue weighted by molar-refractivity contribution is 8.00. The molecule has 1 saturated carbocycles. The van der Waals surface area contributed by atoms with Gasteiger partial charge in [-0.1, -0.05) is 31.0 Å². The summed E-state index contributed by atoms with van der Waals surface area (Å²) in [6.07, 6.45) is 6.03. The zero-order valence-electron chi connectivity index (χ0n) is 12.4. The van der Waals surface area contributed by atoms with Crippen molar-refractivity contribution in [3.8, 4) is 0 Å². The maximum Gasteiger partial charge on any atom is 0.233 e. The first-order valence-electron chi connectivity index (χ1n) is 7.33. The van der Waals surface area contributed by atoms with Gasteiger partial charge >= 0.3 is 0 Å². The zero-order valence-corrected chi connectivity index (χ0v) is 13.2. The quantitative estimate of drug-likeness (QED) is 0.843. The summed E-state index contributed by atoms with van der Waals surface area (Å²) >= 11 is 1.44. The summed E-state index contributed by atoms with van der Waals surface area (Å²) in [5, 5.41) is 15.5. The number of rotatable bonds is 5. The van der Waals surface area contributed by atoms with Gasteiger partial charge in [-0.2, -0.15) is 0 Å². The van der Waals surface area contributed by atoms with Crippen molar-refractivity contribution in [3.63, 3.8) is 0 Å². The average molecular weight is 297 g/mol. The third kappa shape index (κ3) is 3.94. The molecule has 1 amide bonds. The second-order valence-electron chi connectivity index (χ2n) is 5.62. The molecule has 0 saturated heterocycles. The van der Waals surface area contributed by atoms with Crippen LogP contribution in [0.1, 0.15) is 58.9 Å². The van der Waals surface area contributed by atoms with E-state index in [2.05, 4.69) is 20.8 Å². The van der Waals surface area contributed by atoms with Crippen LogP contribution < -0.4 is 5.32 Å². The number of hydrogen-bond acceptors (Lipinski definition) is 5. The molecule has 6 nitrogen and oxygen atoms in total. The molecule has 2 rings (SSSR count). The lowest BCUT2D eigenvalue weighted by Crippen LogP contribution is -2.36. The van der Waals surface area contributed by atoms with Gasteiger partial charge < -0.3 is 5.32 Å². The second kappa shape index (κ2) is 7.06. The van der Waals surface area contributed by atoms with Crippen LogP contribution >= 0.6 is 11.8 Å². The Bertz CT molecular complexity index is 442. The molecule has 1 unspecified atom stereocenters. The second-order valence-corrected chi connectivity index (χ2v) is 6.93. The van der Waals surface area contributed by atoms with Crippen LogP contribution in [0.4, 0.5) is 0 Å². The third-order valence-corrected chi connectivity index (χ3v) is 4.51. The van der Waals surface area contributed by atoms with Crippen molar-refractivity contribution >= 4 is 17.7 Å². The van der Waals surface area contributed by atoms with E-state index in [9.17, 15) is 4.79 Å². The van der Waals surface area contributed by atoms with E-state index in [1.165, 1.54) is 31.0 Å². The van der Waals surface area contributed by atoms with Gasteiger partial charge in [-0.3, -0.25) is 4.79 Å². The van der Waals surface area contributed by atoms with Crippen LogP contribution in [0.25, 0.3) is 0 Å². The lowest BCUT2D eigenvalue weighted by Gasteiger charge is -2.22. The summed E-state index contributed by atoms with van der Waals surface area (Å²) in [6.45, 7) is 5.81. The maximum atomic E-state index is 12.0. The number of amides is 1. The van der Waals surface area contributed by atoms with E-state index in [1.54, 1.807) is 0 Å². The maximum absolute atomic E-state index is 12.0. The molecule has 1 heterocycles. The van der Waals surface area contributed by atoms with Crippen LogP contribution in [0.15, 0.2) is 5.16 Å². The number of hydrogen-bond donors (Lipinski definition) is 1. The Balaban J connectivity index is 1.99. The van der Waals surface area contributed by atoms with Crippen molar-refractivity contribution in [2.75, 3.05) is 0 Å². The number of nitrogens with one attached hydrogen (secondary N) is 1. The smallest absolute Gasteiger partial charge is 0.233 e. The van der Waals surface area contributed by atoms with Crippen molar-refractivity contribution in [3.05, 3.63) is 0 Å². The summed E-state index contributed by atoms with van der Waals surface area (Å²) < 4.78 is 1.91. The fourth-order valence-electron chi connectivity index (χ4n) is 2.43. The molecule has 0 spiro atoms. The number of nitrogens with zero attached hydrogens (tertiary/aromatic N) is 4. The number of tetrazole rings is 1. The van der Waals surface area contributed by atoms with E-state index in [0.29, 0.717) is 6.04 Å². The summed E-state index contributed by atoms with van der Waals surface area (Å²) in [7, 11) is 0. The molecule has 1 aromatic rings. The highest BCUT2D eigenvalue weighted by Gasteiger charge is 2.23. The van der Waals surface area contributed by atoms with E-state index in [0.717, 1.165) is 18.0 Å². The van der Waals surface area contributed by atoms with E-state index >= 15 is 0 Å². The zero-order chi connectivity index (χ0) is 14.5. The largest absolute Gasteiger partial charge is 0.353 e. The van der Waals surface area contributed by atoms with Crippen LogP contribution in [-0.2, 0) is 4.79 Å². The lowest BCUT2D eigenvalue weighted by atomic mass is 9.96. The Morgan fingerprint density at radius 3 is 2.65 bits per heavy atom.